The Morgan fingerprint density at radius 2 is 1.88 bits per heavy atom. The molecule has 0 radical (unpaired) electrons. The number of hydrogen-bond donors (Lipinski definition) is 2. The zero-order chi connectivity index (χ0) is 28.3. The van der Waals surface area contributed by atoms with Crippen LogP contribution < -0.4 is 14.4 Å². The van der Waals surface area contributed by atoms with Gasteiger partial charge in [0.05, 0.1) is 40.5 Å². The van der Waals surface area contributed by atoms with Crippen LogP contribution in [-0.4, -0.2) is 41.1 Å². The molecule has 6 rings (SSSR count). The van der Waals surface area contributed by atoms with E-state index in [0.29, 0.717) is 37.5 Å². The first-order chi connectivity index (χ1) is 19.2. The molecule has 0 bridgehead atoms. The number of Topliss-reactive ketones (excluding diaryl/α,β-unsaturated/α-hetero) is 1. The summed E-state index contributed by atoms with van der Waals surface area (Å²) in [6.07, 6.45) is 0. The number of carbonyl (C=O) groups excluding carboxylic acids is 2. The second kappa shape index (κ2) is 9.84. The monoisotopic (exact) mass is 640 g/mol. The number of amides is 1. The maximum atomic E-state index is 14.0. The number of aromatic nitrogens is 1. The van der Waals surface area contributed by atoms with Crippen molar-refractivity contribution in [1.29, 1.82) is 0 Å². The van der Waals surface area contributed by atoms with Crippen molar-refractivity contribution in [1.82, 2.24) is 4.98 Å². The Labute approximate surface area is 243 Å². The highest BCUT2D eigenvalue weighted by molar-refractivity contribution is 9.10. The second-order valence-electron chi connectivity index (χ2n) is 8.82. The summed E-state index contributed by atoms with van der Waals surface area (Å²) in [5.74, 6) is -2.01. The maximum Gasteiger partial charge on any atom is 0.296 e. The molecule has 1 amide bonds. The number of para-hydroxylation sites is 1. The van der Waals surface area contributed by atoms with E-state index in [1.54, 1.807) is 42.5 Å². The summed E-state index contributed by atoms with van der Waals surface area (Å²) in [6.45, 7) is 0. The van der Waals surface area contributed by atoms with Crippen LogP contribution in [0.15, 0.2) is 74.8 Å². The molecule has 0 aliphatic carbocycles. The van der Waals surface area contributed by atoms with E-state index < -0.39 is 23.5 Å². The molecule has 5 aromatic rings. The highest BCUT2D eigenvalue weighted by atomic mass is 79.9. The molecule has 1 atom stereocenters. The van der Waals surface area contributed by atoms with Gasteiger partial charge in [-0.3, -0.25) is 14.5 Å². The fourth-order valence-electron chi connectivity index (χ4n) is 4.69. The van der Waals surface area contributed by atoms with Gasteiger partial charge in [0.1, 0.15) is 0 Å². The minimum atomic E-state index is -1.14. The van der Waals surface area contributed by atoms with Crippen LogP contribution in [0.4, 0.5) is 5.13 Å². The number of carbonyl (C=O) groups is 2. The fourth-order valence-corrected chi connectivity index (χ4v) is 6.42. The highest BCUT2D eigenvalue weighted by Crippen LogP contribution is 2.47. The first kappa shape index (κ1) is 26.2. The average molecular weight is 642 g/mol. The van der Waals surface area contributed by atoms with Crippen LogP contribution in [0, 0.1) is 0 Å². The van der Waals surface area contributed by atoms with E-state index in [2.05, 4.69) is 20.9 Å². The average Bonchev–Trinajstić information content (AvgIpc) is 3.63. The van der Waals surface area contributed by atoms with E-state index in [-0.39, 0.29) is 32.4 Å². The standard InChI is InChI=1S/C28H18BrClN2O7S/c1-37-17-5-3-4-12-9-19(39-26(12)17)24(34)21-22(13-8-15(29)23(33)18(10-13)38-2)32(27(36)25(21)35)28-31-16-7-6-14(30)11-20(16)40-28/h3-11,22,33,35H,1-2H3. The maximum absolute atomic E-state index is 14.0. The van der Waals surface area contributed by atoms with Crippen LogP contribution in [0.5, 0.6) is 17.2 Å². The predicted octanol–water partition coefficient (Wildman–Crippen LogP) is 6.96. The van der Waals surface area contributed by atoms with Gasteiger partial charge in [0.25, 0.3) is 5.91 Å². The molecule has 3 heterocycles. The van der Waals surface area contributed by atoms with Gasteiger partial charge in [-0.1, -0.05) is 35.1 Å². The minimum absolute atomic E-state index is 0.0957. The number of benzene rings is 3. The molecule has 0 saturated heterocycles. The molecule has 40 heavy (non-hydrogen) atoms. The third-order valence-corrected chi connectivity index (χ3v) is 8.39. The lowest BCUT2D eigenvalue weighted by atomic mass is 9.95. The van der Waals surface area contributed by atoms with Crippen molar-refractivity contribution in [2.45, 2.75) is 6.04 Å². The van der Waals surface area contributed by atoms with Gasteiger partial charge in [-0.25, -0.2) is 4.98 Å². The van der Waals surface area contributed by atoms with Gasteiger partial charge in [-0.05, 0) is 64.0 Å². The van der Waals surface area contributed by atoms with E-state index in [1.807, 2.05) is 0 Å². The summed E-state index contributed by atoms with van der Waals surface area (Å²) < 4.78 is 17.5. The third-order valence-electron chi connectivity index (χ3n) is 6.54. The molecular formula is C28H18BrClN2O7S. The number of methoxy groups -OCH3 is 2. The second-order valence-corrected chi connectivity index (χ2v) is 11.1. The predicted molar refractivity (Wildman–Crippen MR) is 154 cm³/mol. The molecule has 0 saturated carbocycles. The molecular weight excluding hydrogens is 624 g/mol. The lowest BCUT2D eigenvalue weighted by Gasteiger charge is -2.25. The van der Waals surface area contributed by atoms with Gasteiger partial charge in [-0.15, -0.1) is 0 Å². The molecule has 2 aromatic heterocycles. The van der Waals surface area contributed by atoms with Gasteiger partial charge in [-0.2, -0.15) is 0 Å². The van der Waals surface area contributed by atoms with E-state index in [4.69, 9.17) is 25.5 Å². The Morgan fingerprint density at radius 3 is 2.62 bits per heavy atom. The number of ether oxygens (including phenoxy) is 2. The summed E-state index contributed by atoms with van der Waals surface area (Å²) in [7, 11) is 2.86. The van der Waals surface area contributed by atoms with Crippen LogP contribution in [-0.2, 0) is 4.79 Å². The molecule has 9 nitrogen and oxygen atoms in total. The Kier molecular flexibility index (Phi) is 6.44. The first-order valence-electron chi connectivity index (χ1n) is 11.7. The summed E-state index contributed by atoms with van der Waals surface area (Å²) in [6, 6.07) is 13.7. The Balaban J connectivity index is 1.55. The van der Waals surface area contributed by atoms with Crippen LogP contribution in [0.3, 0.4) is 0 Å². The first-order valence-corrected chi connectivity index (χ1v) is 13.7. The van der Waals surface area contributed by atoms with E-state index in [9.17, 15) is 19.8 Å². The lowest BCUT2D eigenvalue weighted by Crippen LogP contribution is -2.31. The van der Waals surface area contributed by atoms with Crippen molar-refractivity contribution in [3.63, 3.8) is 0 Å². The van der Waals surface area contributed by atoms with Crippen molar-refractivity contribution in [3.8, 4) is 17.2 Å². The number of ketones is 1. The topological polar surface area (TPSA) is 122 Å². The van der Waals surface area contributed by atoms with Gasteiger partial charge in [0, 0.05) is 10.4 Å². The number of rotatable bonds is 6. The number of aromatic hydroxyl groups is 1. The lowest BCUT2D eigenvalue weighted by molar-refractivity contribution is -0.117. The molecule has 1 unspecified atom stereocenters. The number of furan rings is 1. The smallest absolute Gasteiger partial charge is 0.296 e. The van der Waals surface area contributed by atoms with Crippen molar-refractivity contribution in [2.24, 2.45) is 0 Å². The zero-order valence-corrected chi connectivity index (χ0v) is 23.9. The van der Waals surface area contributed by atoms with E-state index >= 15 is 0 Å². The van der Waals surface area contributed by atoms with Gasteiger partial charge < -0.3 is 24.1 Å². The Morgan fingerprint density at radius 1 is 1.10 bits per heavy atom. The number of halogens is 2. The van der Waals surface area contributed by atoms with Gasteiger partial charge >= 0.3 is 0 Å². The summed E-state index contributed by atoms with van der Waals surface area (Å²) in [5, 5.41) is 22.9. The molecule has 1 aliphatic heterocycles. The number of anilines is 1. The number of aliphatic hydroxyl groups excluding tert-OH is 1. The normalized spacial score (nSPS) is 15.4. The molecule has 0 spiro atoms. The Hall–Kier alpha value is -4.06. The number of phenols is 1. The number of phenolic OH excluding ortho intramolecular Hbond substituents is 1. The van der Waals surface area contributed by atoms with Crippen LogP contribution in [0.1, 0.15) is 22.2 Å². The highest BCUT2D eigenvalue weighted by Gasteiger charge is 2.47. The van der Waals surface area contributed by atoms with Gasteiger partial charge in [0.2, 0.25) is 5.78 Å². The SMILES string of the molecule is COc1cc(C2C(C(=O)c3cc4cccc(OC)c4o3)=C(O)C(=O)N2c2nc3ccc(Cl)cc3s2)cc(Br)c1O. The van der Waals surface area contributed by atoms with Gasteiger partial charge in [0.15, 0.2) is 39.5 Å². The van der Waals surface area contributed by atoms with Crippen LogP contribution in [0.25, 0.3) is 21.2 Å². The summed E-state index contributed by atoms with van der Waals surface area (Å²) in [5.41, 5.74) is 1.08. The fraction of sp³-hybridized carbons (Fsp3) is 0.107. The minimum Gasteiger partial charge on any atom is -0.503 e. The van der Waals surface area contributed by atoms with Crippen molar-refractivity contribution in [2.75, 3.05) is 19.1 Å². The van der Waals surface area contributed by atoms with Crippen LogP contribution >= 0.6 is 38.9 Å². The summed E-state index contributed by atoms with van der Waals surface area (Å²) >= 11 is 10.6. The summed E-state index contributed by atoms with van der Waals surface area (Å²) in [4.78, 5) is 33.4. The molecule has 3 aromatic carbocycles. The Bertz CT molecular complexity index is 1900. The molecule has 0 fully saturated rings. The number of nitrogens with zero attached hydrogens (tertiary/aromatic N) is 2. The van der Waals surface area contributed by atoms with Crippen molar-refractivity contribution < 1.29 is 33.7 Å². The quantitative estimate of drug-likeness (QED) is 0.191. The number of fused-ring (bicyclic) bond motifs is 2. The van der Waals surface area contributed by atoms with E-state index in [0.717, 1.165) is 0 Å². The van der Waals surface area contributed by atoms with Crippen molar-refractivity contribution >= 4 is 76.9 Å². The largest absolute Gasteiger partial charge is 0.503 e. The molecule has 202 valence electrons. The van der Waals surface area contributed by atoms with Crippen molar-refractivity contribution in [3.05, 3.63) is 86.7 Å². The number of hydrogen-bond acceptors (Lipinski definition) is 9. The van der Waals surface area contributed by atoms with E-state index in [1.165, 1.54) is 42.6 Å². The molecule has 12 heteroatoms. The zero-order valence-electron chi connectivity index (χ0n) is 20.8. The number of thiazole rings is 1. The molecule has 1 aliphatic rings. The number of aliphatic hydroxyl groups is 1. The third kappa shape index (κ3) is 4.09. The molecule has 2 N–H and O–H groups in total. The van der Waals surface area contributed by atoms with Crippen LogP contribution in [0.2, 0.25) is 5.02 Å².